The summed E-state index contributed by atoms with van der Waals surface area (Å²) in [5.41, 5.74) is 3.33. The molecular weight excluding hydrogens is 270 g/mol. The van der Waals surface area contributed by atoms with Crippen molar-refractivity contribution < 1.29 is 14.8 Å². The summed E-state index contributed by atoms with van der Waals surface area (Å²) in [6.07, 6.45) is 0. The monoisotopic (exact) mass is 285 g/mol. The zero-order valence-corrected chi connectivity index (χ0v) is 12.0. The van der Waals surface area contributed by atoms with E-state index in [1.165, 1.54) is 12.1 Å². The van der Waals surface area contributed by atoms with Crippen LogP contribution in [0.4, 0.5) is 5.69 Å². The van der Waals surface area contributed by atoms with Gasteiger partial charge in [0.05, 0.1) is 4.92 Å². The molecule has 0 aliphatic heterocycles. The number of aromatic carboxylic acids is 1. The SMILES string of the molecule is Cc1cc(C)c(-c2cccc([N+](=O)[O-])c2C(=O)O)c(C)c1. The molecule has 0 saturated carbocycles. The van der Waals surface area contributed by atoms with E-state index < -0.39 is 10.9 Å². The molecule has 1 N–H and O–H groups in total. The summed E-state index contributed by atoms with van der Waals surface area (Å²) < 4.78 is 0. The molecule has 2 aromatic carbocycles. The Morgan fingerprint density at radius 2 is 1.71 bits per heavy atom. The third-order valence-electron chi connectivity index (χ3n) is 3.40. The molecule has 0 radical (unpaired) electrons. The van der Waals surface area contributed by atoms with Crippen molar-refractivity contribution in [3.8, 4) is 11.1 Å². The summed E-state index contributed by atoms with van der Waals surface area (Å²) in [5.74, 6) is -1.29. The number of nitro benzene ring substituents is 1. The number of carboxylic acids is 1. The number of nitrogens with zero attached hydrogens (tertiary/aromatic N) is 1. The Hall–Kier alpha value is -2.69. The van der Waals surface area contributed by atoms with Crippen LogP contribution in [-0.4, -0.2) is 16.0 Å². The molecule has 21 heavy (non-hydrogen) atoms. The summed E-state index contributed by atoms with van der Waals surface area (Å²) in [5, 5.41) is 20.5. The van der Waals surface area contributed by atoms with Crippen LogP contribution in [0.15, 0.2) is 30.3 Å². The van der Waals surface area contributed by atoms with Gasteiger partial charge in [0, 0.05) is 11.6 Å². The standard InChI is InChI=1S/C16H15NO4/c1-9-7-10(2)14(11(3)8-9)12-5-4-6-13(17(20)21)15(12)16(18)19/h4-8H,1-3H3,(H,18,19). The first kappa shape index (κ1) is 14.7. The van der Waals surface area contributed by atoms with Crippen LogP contribution < -0.4 is 0 Å². The van der Waals surface area contributed by atoms with E-state index in [1.54, 1.807) is 6.07 Å². The van der Waals surface area contributed by atoms with E-state index in [0.29, 0.717) is 5.56 Å². The number of carboxylic acid groups (broad SMARTS) is 1. The molecule has 0 amide bonds. The molecule has 0 saturated heterocycles. The highest BCUT2D eigenvalue weighted by molar-refractivity contribution is 6.01. The zero-order valence-electron chi connectivity index (χ0n) is 12.0. The molecule has 5 nitrogen and oxygen atoms in total. The molecule has 0 aliphatic carbocycles. The highest BCUT2D eigenvalue weighted by Gasteiger charge is 2.25. The summed E-state index contributed by atoms with van der Waals surface area (Å²) in [7, 11) is 0. The van der Waals surface area contributed by atoms with Crippen molar-refractivity contribution >= 4 is 11.7 Å². The van der Waals surface area contributed by atoms with Crippen molar-refractivity contribution in [2.45, 2.75) is 20.8 Å². The van der Waals surface area contributed by atoms with Crippen LogP contribution in [0, 0.1) is 30.9 Å². The number of benzene rings is 2. The van der Waals surface area contributed by atoms with Gasteiger partial charge in [-0.25, -0.2) is 4.79 Å². The van der Waals surface area contributed by atoms with Gasteiger partial charge in [0.25, 0.3) is 5.69 Å². The lowest BCUT2D eigenvalue weighted by molar-refractivity contribution is -0.385. The Labute approximate surface area is 122 Å². The maximum atomic E-state index is 11.5. The maximum absolute atomic E-state index is 11.5. The Morgan fingerprint density at radius 1 is 1.14 bits per heavy atom. The predicted molar refractivity (Wildman–Crippen MR) is 79.7 cm³/mol. The van der Waals surface area contributed by atoms with Gasteiger partial charge in [0.2, 0.25) is 0 Å². The Balaban J connectivity index is 2.85. The largest absolute Gasteiger partial charge is 0.477 e. The highest BCUT2D eigenvalue weighted by Crippen LogP contribution is 2.35. The van der Waals surface area contributed by atoms with E-state index in [2.05, 4.69) is 0 Å². The quantitative estimate of drug-likeness (QED) is 0.685. The molecule has 108 valence electrons. The van der Waals surface area contributed by atoms with E-state index in [-0.39, 0.29) is 11.3 Å². The molecule has 0 unspecified atom stereocenters. The molecule has 0 bridgehead atoms. The molecule has 2 aromatic rings. The van der Waals surface area contributed by atoms with Crippen molar-refractivity contribution in [2.75, 3.05) is 0 Å². The molecule has 0 aliphatic rings. The fraction of sp³-hybridized carbons (Fsp3) is 0.188. The summed E-state index contributed by atoms with van der Waals surface area (Å²) in [4.78, 5) is 21.9. The van der Waals surface area contributed by atoms with E-state index >= 15 is 0 Å². The average molecular weight is 285 g/mol. The number of carbonyl (C=O) groups is 1. The van der Waals surface area contributed by atoms with Crippen molar-refractivity contribution in [3.63, 3.8) is 0 Å². The highest BCUT2D eigenvalue weighted by atomic mass is 16.6. The van der Waals surface area contributed by atoms with Crippen molar-refractivity contribution in [3.05, 3.63) is 62.7 Å². The summed E-state index contributed by atoms with van der Waals surface area (Å²) in [6, 6.07) is 8.21. The number of rotatable bonds is 3. The van der Waals surface area contributed by atoms with Crippen LogP contribution in [-0.2, 0) is 0 Å². The van der Waals surface area contributed by atoms with Gasteiger partial charge >= 0.3 is 5.97 Å². The third-order valence-corrected chi connectivity index (χ3v) is 3.40. The van der Waals surface area contributed by atoms with Crippen LogP contribution in [0.1, 0.15) is 27.0 Å². The fourth-order valence-electron chi connectivity index (χ4n) is 2.73. The Bertz CT molecular complexity index is 727. The number of nitro groups is 1. The van der Waals surface area contributed by atoms with Crippen LogP contribution in [0.3, 0.4) is 0 Å². The van der Waals surface area contributed by atoms with E-state index in [4.69, 9.17) is 0 Å². The van der Waals surface area contributed by atoms with Crippen LogP contribution in [0.5, 0.6) is 0 Å². The maximum Gasteiger partial charge on any atom is 0.343 e. The lowest BCUT2D eigenvalue weighted by atomic mass is 9.90. The predicted octanol–water partition coefficient (Wildman–Crippen LogP) is 3.89. The smallest absolute Gasteiger partial charge is 0.343 e. The minimum atomic E-state index is -1.29. The number of aryl methyl sites for hydroxylation is 3. The van der Waals surface area contributed by atoms with E-state index in [0.717, 1.165) is 22.3 Å². The van der Waals surface area contributed by atoms with Gasteiger partial charge in [-0.2, -0.15) is 0 Å². The second kappa shape index (κ2) is 5.36. The van der Waals surface area contributed by atoms with Crippen molar-refractivity contribution in [2.24, 2.45) is 0 Å². The topological polar surface area (TPSA) is 80.4 Å². The van der Waals surface area contributed by atoms with Gasteiger partial charge in [-0.3, -0.25) is 10.1 Å². The van der Waals surface area contributed by atoms with Crippen molar-refractivity contribution in [1.29, 1.82) is 0 Å². The zero-order chi connectivity index (χ0) is 15.7. The first-order chi connectivity index (χ1) is 9.82. The Kier molecular flexibility index (Phi) is 3.76. The van der Waals surface area contributed by atoms with Gasteiger partial charge < -0.3 is 5.11 Å². The minimum absolute atomic E-state index is 0.266. The number of hydrogen-bond donors (Lipinski definition) is 1. The average Bonchev–Trinajstić information content (AvgIpc) is 2.36. The molecule has 2 rings (SSSR count). The first-order valence-electron chi connectivity index (χ1n) is 6.42. The number of hydrogen-bond acceptors (Lipinski definition) is 3. The summed E-state index contributed by atoms with van der Waals surface area (Å²) in [6.45, 7) is 5.70. The molecule has 0 spiro atoms. The molecule has 0 atom stereocenters. The van der Waals surface area contributed by atoms with Gasteiger partial charge in [-0.05, 0) is 37.5 Å². The van der Waals surface area contributed by atoms with Crippen LogP contribution in [0.25, 0.3) is 11.1 Å². The third kappa shape index (κ3) is 2.63. The molecule has 0 fully saturated rings. The molecular formula is C16H15NO4. The van der Waals surface area contributed by atoms with E-state index in [9.17, 15) is 20.0 Å². The molecule has 0 heterocycles. The fourth-order valence-corrected chi connectivity index (χ4v) is 2.73. The normalized spacial score (nSPS) is 10.4. The second-order valence-corrected chi connectivity index (χ2v) is 5.04. The van der Waals surface area contributed by atoms with Gasteiger partial charge in [-0.15, -0.1) is 0 Å². The second-order valence-electron chi connectivity index (χ2n) is 5.04. The Morgan fingerprint density at radius 3 is 2.19 bits per heavy atom. The molecule has 5 heteroatoms. The van der Waals surface area contributed by atoms with Crippen LogP contribution >= 0.6 is 0 Å². The molecule has 0 aromatic heterocycles. The van der Waals surface area contributed by atoms with E-state index in [1.807, 2.05) is 32.9 Å². The van der Waals surface area contributed by atoms with Crippen LogP contribution in [0.2, 0.25) is 0 Å². The van der Waals surface area contributed by atoms with Gasteiger partial charge in [-0.1, -0.05) is 29.8 Å². The minimum Gasteiger partial charge on any atom is -0.477 e. The van der Waals surface area contributed by atoms with Crippen molar-refractivity contribution in [1.82, 2.24) is 0 Å². The lowest BCUT2D eigenvalue weighted by Crippen LogP contribution is -2.06. The van der Waals surface area contributed by atoms with Gasteiger partial charge in [0.1, 0.15) is 5.56 Å². The summed E-state index contributed by atoms with van der Waals surface area (Å²) >= 11 is 0. The van der Waals surface area contributed by atoms with Gasteiger partial charge in [0.15, 0.2) is 0 Å². The lowest BCUT2D eigenvalue weighted by Gasteiger charge is -2.14. The first-order valence-corrected chi connectivity index (χ1v) is 6.42.